The maximum atomic E-state index is 12.9. The summed E-state index contributed by atoms with van der Waals surface area (Å²) < 4.78 is 0. The molecule has 0 aliphatic carbocycles. The average molecular weight is 412 g/mol. The smallest absolute Gasteiger partial charge is 0.263 e. The highest BCUT2D eigenvalue weighted by molar-refractivity contribution is 6.31. The maximum absolute atomic E-state index is 12.9. The number of hydrogen-bond donors (Lipinski definition) is 1. The van der Waals surface area contributed by atoms with Crippen molar-refractivity contribution in [3.8, 4) is 0 Å². The van der Waals surface area contributed by atoms with Crippen LogP contribution in [-0.4, -0.2) is 41.4 Å². The number of halogens is 1. The first-order valence-electron chi connectivity index (χ1n) is 9.03. The van der Waals surface area contributed by atoms with Crippen LogP contribution in [0.25, 0.3) is 0 Å². The van der Waals surface area contributed by atoms with Gasteiger partial charge in [0.05, 0.1) is 5.69 Å². The number of anilines is 2. The van der Waals surface area contributed by atoms with Crippen molar-refractivity contribution >= 4 is 40.7 Å². The number of rotatable bonds is 4. The molecule has 2 unspecified atom stereocenters. The molecule has 1 N–H and O–H groups in total. The molecule has 4 rings (SSSR count). The van der Waals surface area contributed by atoms with E-state index in [1.807, 2.05) is 26.0 Å². The molecule has 2 aliphatic rings. The molecule has 29 heavy (non-hydrogen) atoms. The van der Waals surface area contributed by atoms with Crippen LogP contribution in [0.2, 0.25) is 5.02 Å². The van der Waals surface area contributed by atoms with Crippen molar-refractivity contribution in [2.75, 3.05) is 16.8 Å². The van der Waals surface area contributed by atoms with Crippen LogP contribution in [0.15, 0.2) is 52.8 Å². The zero-order valence-corrected chi connectivity index (χ0v) is 16.6. The standard InChI is InChI=1S/C20H18ClN5O3/c1-11-3-6-14(9-12(11)2)22-16(27)10-25-18-17(23-24-25)19(28)26(20(18)29)15-7-4-13(21)5-8-15/h3-9,17-18H,10H2,1-2H3,(H,22,27). The summed E-state index contributed by atoms with van der Waals surface area (Å²) in [5, 5.41) is 12.4. The molecule has 0 saturated carbocycles. The van der Waals surface area contributed by atoms with Gasteiger partial charge in [0.25, 0.3) is 11.8 Å². The molecular formula is C20H18ClN5O3. The second-order valence-electron chi connectivity index (χ2n) is 7.03. The molecule has 9 heteroatoms. The molecule has 0 bridgehead atoms. The van der Waals surface area contributed by atoms with Crippen LogP contribution in [0, 0.1) is 13.8 Å². The van der Waals surface area contributed by atoms with Crippen LogP contribution in [0.3, 0.4) is 0 Å². The van der Waals surface area contributed by atoms with E-state index in [0.29, 0.717) is 16.4 Å². The molecule has 0 aromatic heterocycles. The maximum Gasteiger partial charge on any atom is 0.263 e. The van der Waals surface area contributed by atoms with Crippen molar-refractivity contribution in [3.05, 3.63) is 58.6 Å². The van der Waals surface area contributed by atoms with E-state index < -0.39 is 23.9 Å². The van der Waals surface area contributed by atoms with Crippen molar-refractivity contribution in [2.24, 2.45) is 10.3 Å². The third kappa shape index (κ3) is 3.47. The fraction of sp³-hybridized carbons (Fsp3) is 0.250. The predicted octanol–water partition coefficient (Wildman–Crippen LogP) is 2.89. The van der Waals surface area contributed by atoms with Gasteiger partial charge in [-0.15, -0.1) is 0 Å². The second kappa shape index (κ2) is 7.29. The Morgan fingerprint density at radius 1 is 1.07 bits per heavy atom. The second-order valence-corrected chi connectivity index (χ2v) is 7.46. The number of nitrogens with zero attached hydrogens (tertiary/aromatic N) is 4. The van der Waals surface area contributed by atoms with Crippen molar-refractivity contribution in [2.45, 2.75) is 25.9 Å². The van der Waals surface area contributed by atoms with Crippen molar-refractivity contribution in [3.63, 3.8) is 0 Å². The fourth-order valence-corrected chi connectivity index (χ4v) is 3.49. The van der Waals surface area contributed by atoms with Gasteiger partial charge >= 0.3 is 0 Å². The molecule has 3 amide bonds. The number of benzene rings is 2. The lowest BCUT2D eigenvalue weighted by Crippen LogP contribution is -2.43. The summed E-state index contributed by atoms with van der Waals surface area (Å²) in [6.07, 6.45) is 0. The first-order valence-corrected chi connectivity index (χ1v) is 9.41. The van der Waals surface area contributed by atoms with Gasteiger partial charge in [0.15, 0.2) is 12.1 Å². The lowest BCUT2D eigenvalue weighted by atomic mass is 10.1. The largest absolute Gasteiger partial charge is 0.324 e. The Bertz CT molecular complexity index is 1040. The normalized spacial score (nSPS) is 20.4. The Balaban J connectivity index is 1.48. The minimum Gasteiger partial charge on any atom is -0.324 e. The van der Waals surface area contributed by atoms with Gasteiger partial charge in [-0.1, -0.05) is 22.9 Å². The Hall–Kier alpha value is -3.26. The number of carbonyl (C=O) groups is 3. The Morgan fingerprint density at radius 3 is 2.48 bits per heavy atom. The van der Waals surface area contributed by atoms with E-state index >= 15 is 0 Å². The monoisotopic (exact) mass is 411 g/mol. The highest BCUT2D eigenvalue weighted by Gasteiger charge is 2.55. The van der Waals surface area contributed by atoms with Gasteiger partial charge in [0.1, 0.15) is 6.54 Å². The Kier molecular flexibility index (Phi) is 4.79. The van der Waals surface area contributed by atoms with Gasteiger partial charge in [0, 0.05) is 10.7 Å². The minimum atomic E-state index is -0.951. The summed E-state index contributed by atoms with van der Waals surface area (Å²) in [7, 11) is 0. The fourth-order valence-electron chi connectivity index (χ4n) is 3.37. The molecule has 2 atom stereocenters. The van der Waals surface area contributed by atoms with Gasteiger partial charge in [-0.3, -0.25) is 19.4 Å². The first kappa shape index (κ1) is 19.1. The van der Waals surface area contributed by atoms with Gasteiger partial charge < -0.3 is 5.32 Å². The number of aryl methyl sites for hydroxylation is 2. The van der Waals surface area contributed by atoms with Crippen molar-refractivity contribution in [1.82, 2.24) is 5.01 Å². The molecule has 2 aromatic carbocycles. The van der Waals surface area contributed by atoms with Gasteiger partial charge in [-0.2, -0.15) is 5.11 Å². The van der Waals surface area contributed by atoms with E-state index in [4.69, 9.17) is 11.6 Å². The topological polar surface area (TPSA) is 94.4 Å². The predicted molar refractivity (Wildman–Crippen MR) is 108 cm³/mol. The summed E-state index contributed by atoms with van der Waals surface area (Å²) in [4.78, 5) is 39.1. The average Bonchev–Trinajstić information content (AvgIpc) is 3.19. The molecule has 0 radical (unpaired) electrons. The van der Waals surface area contributed by atoms with E-state index in [0.717, 1.165) is 16.0 Å². The van der Waals surface area contributed by atoms with E-state index in [-0.39, 0.29) is 12.5 Å². The van der Waals surface area contributed by atoms with E-state index in [9.17, 15) is 14.4 Å². The number of nitrogens with one attached hydrogen (secondary N) is 1. The Morgan fingerprint density at radius 2 is 1.79 bits per heavy atom. The molecule has 148 valence electrons. The zero-order valence-electron chi connectivity index (χ0n) is 15.8. The third-order valence-electron chi connectivity index (χ3n) is 5.04. The van der Waals surface area contributed by atoms with Gasteiger partial charge in [-0.25, -0.2) is 4.90 Å². The molecule has 2 heterocycles. The number of carbonyl (C=O) groups excluding carboxylic acids is 3. The molecule has 2 aliphatic heterocycles. The highest BCUT2D eigenvalue weighted by Crippen LogP contribution is 2.32. The van der Waals surface area contributed by atoms with Gasteiger partial charge in [-0.05, 0) is 61.4 Å². The van der Waals surface area contributed by atoms with Gasteiger partial charge in [0.2, 0.25) is 5.91 Å². The third-order valence-corrected chi connectivity index (χ3v) is 5.29. The van der Waals surface area contributed by atoms with E-state index in [1.54, 1.807) is 30.3 Å². The number of hydrogen-bond acceptors (Lipinski definition) is 6. The number of imide groups is 1. The molecule has 0 spiro atoms. The van der Waals surface area contributed by atoms with Crippen LogP contribution in [-0.2, 0) is 14.4 Å². The Labute approximate surface area is 172 Å². The zero-order chi connectivity index (χ0) is 20.7. The summed E-state index contributed by atoms with van der Waals surface area (Å²) >= 11 is 5.88. The SMILES string of the molecule is Cc1ccc(NC(=O)CN2N=NC3C(=O)N(c4ccc(Cl)cc4)C(=O)C32)cc1C. The lowest BCUT2D eigenvalue weighted by Gasteiger charge is -2.20. The highest BCUT2D eigenvalue weighted by atomic mass is 35.5. The number of amides is 3. The van der Waals surface area contributed by atoms with E-state index in [1.165, 1.54) is 5.01 Å². The van der Waals surface area contributed by atoms with Crippen LogP contribution < -0.4 is 10.2 Å². The first-order chi connectivity index (χ1) is 13.8. The number of fused-ring (bicyclic) bond motifs is 1. The molecule has 2 aromatic rings. The lowest BCUT2D eigenvalue weighted by molar-refractivity contribution is -0.123. The summed E-state index contributed by atoms with van der Waals surface area (Å²) in [6, 6.07) is 10.1. The molecule has 8 nitrogen and oxygen atoms in total. The van der Waals surface area contributed by atoms with Crippen molar-refractivity contribution < 1.29 is 14.4 Å². The van der Waals surface area contributed by atoms with Crippen LogP contribution in [0.4, 0.5) is 11.4 Å². The van der Waals surface area contributed by atoms with Crippen LogP contribution >= 0.6 is 11.6 Å². The summed E-state index contributed by atoms with van der Waals surface area (Å²) in [5.74, 6) is -1.28. The van der Waals surface area contributed by atoms with Crippen LogP contribution in [0.1, 0.15) is 11.1 Å². The quantitative estimate of drug-likeness (QED) is 0.782. The summed E-state index contributed by atoms with van der Waals surface area (Å²) in [6.45, 7) is 3.75. The van der Waals surface area contributed by atoms with Crippen molar-refractivity contribution in [1.29, 1.82) is 0 Å². The minimum absolute atomic E-state index is 0.189. The molecule has 1 saturated heterocycles. The molecule has 1 fully saturated rings. The van der Waals surface area contributed by atoms with Crippen LogP contribution in [0.5, 0.6) is 0 Å². The summed E-state index contributed by atoms with van der Waals surface area (Å²) in [5.41, 5.74) is 3.24. The molecular weight excluding hydrogens is 394 g/mol. The van der Waals surface area contributed by atoms with E-state index in [2.05, 4.69) is 15.7 Å².